The van der Waals surface area contributed by atoms with Gasteiger partial charge in [-0.3, -0.25) is 0 Å². The van der Waals surface area contributed by atoms with Crippen molar-refractivity contribution in [2.45, 2.75) is 5.41 Å². The molecule has 274 valence electrons. The Morgan fingerprint density at radius 1 is 0.373 bits per heavy atom. The molecule has 11 aromatic rings. The molecular weight excluding hydrogens is 731 g/mol. The molecule has 2 heteroatoms. The molecule has 13 rings (SSSR count). The fourth-order valence-corrected chi connectivity index (χ4v) is 11.9. The van der Waals surface area contributed by atoms with Gasteiger partial charge in [0.05, 0.1) is 11.1 Å². The lowest BCUT2D eigenvalue weighted by atomic mass is 9.70. The minimum absolute atomic E-state index is 0.458. The Bertz CT molecular complexity index is 3460. The molecule has 0 saturated carbocycles. The molecule has 0 N–H and O–H groups in total. The van der Waals surface area contributed by atoms with Gasteiger partial charge in [-0.25, -0.2) is 0 Å². The maximum absolute atomic E-state index is 2.59. The van der Waals surface area contributed by atoms with Gasteiger partial charge in [0, 0.05) is 42.5 Å². The largest absolute Gasteiger partial charge is 0.309 e. The number of fused-ring (bicyclic) bond motifs is 16. The van der Waals surface area contributed by atoms with Crippen LogP contribution in [0.5, 0.6) is 0 Å². The number of nitrogens with zero attached hydrogens (tertiary/aromatic N) is 1. The Kier molecular flexibility index (Phi) is 6.87. The molecule has 59 heavy (non-hydrogen) atoms. The van der Waals surface area contributed by atoms with E-state index >= 15 is 0 Å². The average molecular weight is 766 g/mol. The monoisotopic (exact) mass is 765 g/mol. The highest BCUT2D eigenvalue weighted by Crippen LogP contribution is 2.64. The molecule has 0 radical (unpaired) electrons. The van der Waals surface area contributed by atoms with Gasteiger partial charge in [0.25, 0.3) is 0 Å². The van der Waals surface area contributed by atoms with E-state index in [2.05, 4.69) is 217 Å². The first-order valence-electron chi connectivity index (χ1n) is 20.4. The van der Waals surface area contributed by atoms with Crippen LogP contribution in [0.4, 0.5) is 17.1 Å². The molecule has 1 spiro atoms. The van der Waals surface area contributed by atoms with Crippen LogP contribution in [0.25, 0.3) is 75.1 Å². The van der Waals surface area contributed by atoms with Gasteiger partial charge in [0.2, 0.25) is 0 Å². The number of hydrogen-bond donors (Lipinski definition) is 0. The van der Waals surface area contributed by atoms with Gasteiger partial charge < -0.3 is 4.90 Å². The molecule has 10 aromatic carbocycles. The molecule has 0 fully saturated rings. The molecule has 1 heterocycles. The molecule has 0 aliphatic heterocycles. The van der Waals surface area contributed by atoms with Gasteiger partial charge in [-0.15, -0.1) is 11.3 Å². The minimum Gasteiger partial charge on any atom is -0.309 e. The third kappa shape index (κ3) is 4.44. The van der Waals surface area contributed by atoms with E-state index in [0.717, 1.165) is 11.4 Å². The van der Waals surface area contributed by atoms with E-state index in [-0.39, 0.29) is 0 Å². The second-order valence-corrected chi connectivity index (χ2v) is 17.0. The molecule has 1 nitrogen and oxygen atoms in total. The van der Waals surface area contributed by atoms with Gasteiger partial charge in [-0.2, -0.15) is 0 Å². The average Bonchev–Trinajstić information content (AvgIpc) is 3.94. The van der Waals surface area contributed by atoms with Crippen LogP contribution >= 0.6 is 11.3 Å². The lowest BCUT2D eigenvalue weighted by Crippen LogP contribution is -2.26. The number of benzene rings is 10. The summed E-state index contributed by atoms with van der Waals surface area (Å²) in [6.45, 7) is 0. The number of rotatable bonds is 4. The van der Waals surface area contributed by atoms with Crippen molar-refractivity contribution < 1.29 is 0 Å². The van der Waals surface area contributed by atoms with Gasteiger partial charge in [-0.05, 0) is 96.6 Å². The summed E-state index contributed by atoms with van der Waals surface area (Å²) in [5.74, 6) is 0. The standard InChI is InChI=1S/C57H35NS/c1-2-17-37(18-3-1)53-45-23-6-7-24-46(45)56-54(47-25-11-15-29-52(47)59-56)55(53)58(39-31-30-36-16-4-5-19-38(36)34-39)40-32-33-44-43-22-10-14-28-50(43)57(51(44)35-40)48-26-12-8-20-41(48)42-21-9-13-27-49(42)57/h1-35H. The topological polar surface area (TPSA) is 3.24 Å². The summed E-state index contributed by atoms with van der Waals surface area (Å²) in [6, 6.07) is 79.4. The lowest BCUT2D eigenvalue weighted by Gasteiger charge is -2.33. The third-order valence-electron chi connectivity index (χ3n) is 13.0. The van der Waals surface area contributed by atoms with Crippen LogP contribution in [0, 0.1) is 0 Å². The summed E-state index contributed by atoms with van der Waals surface area (Å²) in [6.07, 6.45) is 0. The van der Waals surface area contributed by atoms with Gasteiger partial charge in [0.1, 0.15) is 0 Å². The molecule has 0 saturated heterocycles. The maximum atomic E-state index is 2.59. The van der Waals surface area contributed by atoms with Crippen molar-refractivity contribution in [3.05, 3.63) is 235 Å². The van der Waals surface area contributed by atoms with Crippen molar-refractivity contribution >= 4 is 70.1 Å². The highest BCUT2D eigenvalue weighted by Gasteiger charge is 2.51. The normalized spacial score (nSPS) is 13.2. The van der Waals surface area contributed by atoms with E-state index < -0.39 is 5.41 Å². The molecule has 2 aliphatic rings. The SMILES string of the molecule is c1ccc(-c2c(N(c3ccc4c(c3)C3(c5ccccc5-c5ccccc53)c3ccccc3-4)c3ccc4ccccc4c3)c3c4ccccc4sc3c3ccccc23)cc1. The molecule has 0 atom stereocenters. The van der Waals surface area contributed by atoms with Crippen LogP contribution in [-0.2, 0) is 5.41 Å². The van der Waals surface area contributed by atoms with Crippen molar-refractivity contribution in [2.24, 2.45) is 0 Å². The van der Waals surface area contributed by atoms with Crippen LogP contribution in [0.1, 0.15) is 22.3 Å². The Morgan fingerprint density at radius 3 is 1.61 bits per heavy atom. The third-order valence-corrected chi connectivity index (χ3v) is 14.2. The van der Waals surface area contributed by atoms with E-state index in [4.69, 9.17) is 0 Å². The summed E-state index contributed by atoms with van der Waals surface area (Å²) in [4.78, 5) is 2.59. The first kappa shape index (κ1) is 32.8. The summed E-state index contributed by atoms with van der Waals surface area (Å²) in [5, 5.41) is 7.54. The molecule has 0 unspecified atom stereocenters. The predicted octanol–water partition coefficient (Wildman–Crippen LogP) is 15.8. The highest BCUT2D eigenvalue weighted by molar-refractivity contribution is 7.26. The van der Waals surface area contributed by atoms with Crippen LogP contribution < -0.4 is 4.90 Å². The molecule has 0 amide bonds. The fraction of sp³-hybridized carbons (Fsp3) is 0.0175. The van der Waals surface area contributed by atoms with Crippen LogP contribution in [0.15, 0.2) is 212 Å². The Hall–Kier alpha value is -7.26. The molecule has 0 bridgehead atoms. The lowest BCUT2D eigenvalue weighted by molar-refractivity contribution is 0.793. The number of anilines is 3. The Labute approximate surface area is 346 Å². The van der Waals surface area contributed by atoms with Crippen LogP contribution in [0.3, 0.4) is 0 Å². The quantitative estimate of drug-likeness (QED) is 0.172. The zero-order valence-electron chi connectivity index (χ0n) is 32.1. The van der Waals surface area contributed by atoms with Crippen molar-refractivity contribution in [3.8, 4) is 33.4 Å². The van der Waals surface area contributed by atoms with Crippen molar-refractivity contribution in [1.29, 1.82) is 0 Å². The molecule has 2 aliphatic carbocycles. The Balaban J connectivity index is 1.20. The van der Waals surface area contributed by atoms with E-state index in [1.165, 1.54) is 103 Å². The van der Waals surface area contributed by atoms with E-state index in [1.54, 1.807) is 0 Å². The zero-order valence-corrected chi connectivity index (χ0v) is 32.9. The van der Waals surface area contributed by atoms with E-state index in [1.807, 2.05) is 11.3 Å². The van der Waals surface area contributed by atoms with Crippen LogP contribution in [0.2, 0.25) is 0 Å². The van der Waals surface area contributed by atoms with E-state index in [9.17, 15) is 0 Å². The van der Waals surface area contributed by atoms with Gasteiger partial charge in [-0.1, -0.05) is 182 Å². The first-order valence-corrected chi connectivity index (χ1v) is 21.2. The zero-order chi connectivity index (χ0) is 38.7. The fourth-order valence-electron chi connectivity index (χ4n) is 10.7. The summed E-state index contributed by atoms with van der Waals surface area (Å²) in [5.41, 5.74) is 16.1. The first-order chi connectivity index (χ1) is 29.3. The van der Waals surface area contributed by atoms with Gasteiger partial charge in [0.15, 0.2) is 0 Å². The summed E-state index contributed by atoms with van der Waals surface area (Å²) >= 11 is 1.90. The summed E-state index contributed by atoms with van der Waals surface area (Å²) in [7, 11) is 0. The smallest absolute Gasteiger partial charge is 0.0726 e. The molecular formula is C57H35NS. The van der Waals surface area contributed by atoms with E-state index in [0.29, 0.717) is 0 Å². The summed E-state index contributed by atoms with van der Waals surface area (Å²) < 4.78 is 2.60. The van der Waals surface area contributed by atoms with Crippen LogP contribution in [-0.4, -0.2) is 0 Å². The maximum Gasteiger partial charge on any atom is 0.0726 e. The van der Waals surface area contributed by atoms with Crippen molar-refractivity contribution in [1.82, 2.24) is 0 Å². The van der Waals surface area contributed by atoms with Gasteiger partial charge >= 0.3 is 0 Å². The van der Waals surface area contributed by atoms with Crippen molar-refractivity contribution in [2.75, 3.05) is 4.90 Å². The molecule has 1 aromatic heterocycles. The van der Waals surface area contributed by atoms with Crippen molar-refractivity contribution in [3.63, 3.8) is 0 Å². The Morgan fingerprint density at radius 2 is 0.898 bits per heavy atom. The number of thiophene rings is 1. The minimum atomic E-state index is -0.458. The second kappa shape index (κ2) is 12.4. The number of hydrogen-bond acceptors (Lipinski definition) is 2. The highest BCUT2D eigenvalue weighted by atomic mass is 32.1. The second-order valence-electron chi connectivity index (χ2n) is 15.9. The predicted molar refractivity (Wildman–Crippen MR) is 251 cm³/mol.